The van der Waals surface area contributed by atoms with Gasteiger partial charge in [-0.2, -0.15) is 0 Å². The van der Waals surface area contributed by atoms with Crippen molar-refractivity contribution in [2.75, 3.05) is 0 Å². The average molecular weight is 254 g/mol. The number of pyridine rings is 1. The number of aromatic nitrogens is 1. The Kier molecular flexibility index (Phi) is 2.96. The van der Waals surface area contributed by atoms with Gasteiger partial charge in [0.15, 0.2) is 0 Å². The van der Waals surface area contributed by atoms with E-state index in [9.17, 15) is 4.79 Å². The highest BCUT2D eigenvalue weighted by atomic mass is 79.9. The summed E-state index contributed by atoms with van der Waals surface area (Å²) in [6.07, 6.45) is 5.44. The normalized spacial score (nSPS) is 15.5. The first-order valence-corrected chi connectivity index (χ1v) is 5.65. The Morgan fingerprint density at radius 3 is 2.86 bits per heavy atom. The molecule has 2 nitrogen and oxygen atoms in total. The largest absolute Gasteiger partial charge is 0.299 e. The van der Waals surface area contributed by atoms with Gasteiger partial charge < -0.3 is 0 Å². The van der Waals surface area contributed by atoms with Gasteiger partial charge in [0.1, 0.15) is 5.78 Å². The van der Waals surface area contributed by atoms with Gasteiger partial charge in [-0.3, -0.25) is 9.78 Å². The lowest BCUT2D eigenvalue weighted by molar-refractivity contribution is -0.118. The molecule has 1 aliphatic rings. The molecule has 1 heterocycles. The highest BCUT2D eigenvalue weighted by Crippen LogP contribution is 2.32. The molecule has 0 bridgehead atoms. The standard InChI is InChI=1S/C11H12BrNO/c12-9-3-4-10(13-7-9)6-11(14)5-8-1-2-8/h3-4,7-8H,1-2,5-6H2. The molecule has 1 aromatic heterocycles. The van der Waals surface area contributed by atoms with Crippen LogP contribution in [0.5, 0.6) is 0 Å². The van der Waals surface area contributed by atoms with Crippen molar-refractivity contribution in [3.63, 3.8) is 0 Å². The van der Waals surface area contributed by atoms with E-state index in [0.29, 0.717) is 18.1 Å². The van der Waals surface area contributed by atoms with E-state index in [1.165, 1.54) is 12.8 Å². The van der Waals surface area contributed by atoms with E-state index in [0.717, 1.165) is 16.6 Å². The van der Waals surface area contributed by atoms with Gasteiger partial charge in [-0.15, -0.1) is 0 Å². The number of nitrogens with zero attached hydrogens (tertiary/aromatic N) is 1. The van der Waals surface area contributed by atoms with Gasteiger partial charge in [0.25, 0.3) is 0 Å². The zero-order chi connectivity index (χ0) is 9.97. The third-order valence-electron chi connectivity index (χ3n) is 2.38. The minimum absolute atomic E-state index is 0.322. The molecule has 1 fully saturated rings. The summed E-state index contributed by atoms with van der Waals surface area (Å²) in [6.45, 7) is 0. The van der Waals surface area contributed by atoms with Gasteiger partial charge in [-0.25, -0.2) is 0 Å². The van der Waals surface area contributed by atoms with Crippen LogP contribution < -0.4 is 0 Å². The van der Waals surface area contributed by atoms with Crippen LogP contribution in [0.15, 0.2) is 22.8 Å². The Bertz CT molecular complexity index is 330. The highest BCUT2D eigenvalue weighted by molar-refractivity contribution is 9.10. The van der Waals surface area contributed by atoms with Crippen LogP contribution in [0, 0.1) is 5.92 Å². The number of carbonyl (C=O) groups is 1. The van der Waals surface area contributed by atoms with Crippen molar-refractivity contribution in [2.45, 2.75) is 25.7 Å². The number of rotatable bonds is 4. The van der Waals surface area contributed by atoms with Crippen LogP contribution in [-0.4, -0.2) is 10.8 Å². The van der Waals surface area contributed by atoms with E-state index < -0.39 is 0 Å². The summed E-state index contributed by atoms with van der Waals surface area (Å²) in [5.74, 6) is 1.00. The number of ketones is 1. The van der Waals surface area contributed by atoms with Gasteiger partial charge in [0.05, 0.1) is 0 Å². The fourth-order valence-corrected chi connectivity index (χ4v) is 1.66. The van der Waals surface area contributed by atoms with Crippen molar-refractivity contribution in [3.8, 4) is 0 Å². The van der Waals surface area contributed by atoms with Gasteiger partial charge >= 0.3 is 0 Å². The predicted molar refractivity (Wildman–Crippen MR) is 58.0 cm³/mol. The lowest BCUT2D eigenvalue weighted by Gasteiger charge is -1.99. The minimum Gasteiger partial charge on any atom is -0.299 e. The zero-order valence-electron chi connectivity index (χ0n) is 7.87. The second-order valence-corrected chi connectivity index (χ2v) is 4.75. The monoisotopic (exact) mass is 253 g/mol. The Hall–Kier alpha value is -0.700. The van der Waals surface area contributed by atoms with Crippen LogP contribution in [-0.2, 0) is 11.2 Å². The molecule has 74 valence electrons. The van der Waals surface area contributed by atoms with Crippen LogP contribution in [0.4, 0.5) is 0 Å². The van der Waals surface area contributed by atoms with Crippen LogP contribution in [0.25, 0.3) is 0 Å². The smallest absolute Gasteiger partial charge is 0.139 e. The average Bonchev–Trinajstić information content (AvgIpc) is 2.93. The third-order valence-corrected chi connectivity index (χ3v) is 2.85. The molecule has 0 radical (unpaired) electrons. The van der Waals surface area contributed by atoms with Crippen LogP contribution >= 0.6 is 15.9 Å². The Morgan fingerprint density at radius 1 is 1.50 bits per heavy atom. The predicted octanol–water partition coefficient (Wildman–Crippen LogP) is 2.76. The minimum atomic E-state index is 0.322. The Balaban J connectivity index is 1.89. The second-order valence-electron chi connectivity index (χ2n) is 3.83. The molecule has 0 aromatic carbocycles. The Morgan fingerprint density at radius 2 is 2.29 bits per heavy atom. The first-order valence-electron chi connectivity index (χ1n) is 4.86. The lowest BCUT2D eigenvalue weighted by atomic mass is 10.1. The van der Waals surface area contributed by atoms with Crippen molar-refractivity contribution >= 4 is 21.7 Å². The quantitative estimate of drug-likeness (QED) is 0.826. The molecule has 0 N–H and O–H groups in total. The number of hydrogen-bond acceptors (Lipinski definition) is 2. The second kappa shape index (κ2) is 4.22. The first-order chi connectivity index (χ1) is 6.74. The summed E-state index contributed by atoms with van der Waals surface area (Å²) in [5.41, 5.74) is 0.874. The van der Waals surface area contributed by atoms with Gasteiger partial charge in [-0.1, -0.05) is 0 Å². The first kappa shape index (κ1) is 9.84. The maximum absolute atomic E-state index is 11.5. The lowest BCUT2D eigenvalue weighted by Crippen LogP contribution is -2.04. The molecule has 3 heteroatoms. The number of halogens is 1. The highest BCUT2D eigenvalue weighted by Gasteiger charge is 2.24. The summed E-state index contributed by atoms with van der Waals surface area (Å²) in [6, 6.07) is 3.82. The molecular formula is C11H12BrNO. The summed E-state index contributed by atoms with van der Waals surface area (Å²) >= 11 is 3.31. The summed E-state index contributed by atoms with van der Waals surface area (Å²) in [7, 11) is 0. The molecule has 0 saturated heterocycles. The SMILES string of the molecule is O=C(Cc1ccc(Br)cn1)CC1CC1. The van der Waals surface area contributed by atoms with Crippen molar-refractivity contribution in [1.29, 1.82) is 0 Å². The Labute approximate surface area is 91.9 Å². The molecule has 14 heavy (non-hydrogen) atoms. The molecule has 2 rings (SSSR count). The maximum atomic E-state index is 11.5. The van der Waals surface area contributed by atoms with Crippen molar-refractivity contribution in [3.05, 3.63) is 28.5 Å². The van der Waals surface area contributed by atoms with Crippen molar-refractivity contribution < 1.29 is 4.79 Å². The van der Waals surface area contributed by atoms with Crippen LogP contribution in [0.1, 0.15) is 25.0 Å². The topological polar surface area (TPSA) is 30.0 Å². The fourth-order valence-electron chi connectivity index (χ4n) is 1.43. The van der Waals surface area contributed by atoms with E-state index in [1.54, 1.807) is 6.20 Å². The molecule has 1 saturated carbocycles. The molecule has 1 aliphatic carbocycles. The zero-order valence-corrected chi connectivity index (χ0v) is 9.46. The fraction of sp³-hybridized carbons (Fsp3) is 0.455. The van der Waals surface area contributed by atoms with Crippen molar-refractivity contribution in [2.24, 2.45) is 5.92 Å². The number of carbonyl (C=O) groups excluding carboxylic acids is 1. The van der Waals surface area contributed by atoms with E-state index in [1.807, 2.05) is 12.1 Å². The number of hydrogen-bond donors (Lipinski definition) is 0. The van der Waals surface area contributed by atoms with E-state index in [2.05, 4.69) is 20.9 Å². The van der Waals surface area contributed by atoms with E-state index in [4.69, 9.17) is 0 Å². The molecule has 0 unspecified atom stereocenters. The maximum Gasteiger partial charge on any atom is 0.139 e. The number of Topliss-reactive ketones (excluding diaryl/α,β-unsaturated/α-hetero) is 1. The van der Waals surface area contributed by atoms with E-state index in [-0.39, 0.29) is 0 Å². The third kappa shape index (κ3) is 2.91. The van der Waals surface area contributed by atoms with E-state index >= 15 is 0 Å². The summed E-state index contributed by atoms with van der Waals surface area (Å²) in [4.78, 5) is 15.7. The molecule has 1 aromatic rings. The molecule has 0 aliphatic heterocycles. The van der Waals surface area contributed by atoms with Crippen LogP contribution in [0.2, 0.25) is 0 Å². The molecular weight excluding hydrogens is 242 g/mol. The van der Waals surface area contributed by atoms with Gasteiger partial charge in [0, 0.05) is 29.2 Å². The molecule has 0 amide bonds. The van der Waals surface area contributed by atoms with Crippen molar-refractivity contribution in [1.82, 2.24) is 4.98 Å². The summed E-state index contributed by atoms with van der Waals surface area (Å²) in [5, 5.41) is 0. The summed E-state index contributed by atoms with van der Waals surface area (Å²) < 4.78 is 0.955. The van der Waals surface area contributed by atoms with Gasteiger partial charge in [-0.05, 0) is 46.8 Å². The van der Waals surface area contributed by atoms with Gasteiger partial charge in [0.2, 0.25) is 0 Å². The van der Waals surface area contributed by atoms with Crippen LogP contribution in [0.3, 0.4) is 0 Å². The molecule has 0 atom stereocenters. The molecule has 0 spiro atoms.